The van der Waals surface area contributed by atoms with Crippen LogP contribution < -0.4 is 15.3 Å². The molecule has 0 bridgehead atoms. The Bertz CT molecular complexity index is 1180. The van der Waals surface area contributed by atoms with Gasteiger partial charge in [0.2, 0.25) is 0 Å². The largest absolute Gasteiger partial charge is 0.417 e. The maximum absolute atomic E-state index is 14.7. The van der Waals surface area contributed by atoms with Crippen molar-refractivity contribution in [1.29, 1.82) is 5.26 Å². The maximum atomic E-state index is 14.7. The van der Waals surface area contributed by atoms with Crippen molar-refractivity contribution in [1.82, 2.24) is 5.48 Å². The van der Waals surface area contributed by atoms with E-state index in [9.17, 15) is 27.2 Å². The average molecular weight is 476 g/mol. The fraction of sp³-hybridized carbons (Fsp3) is 0.348. The third-order valence-electron chi connectivity index (χ3n) is 6.15. The highest BCUT2D eigenvalue weighted by Crippen LogP contribution is 2.42. The lowest BCUT2D eigenvalue weighted by atomic mass is 9.89. The van der Waals surface area contributed by atoms with Crippen molar-refractivity contribution in [3.63, 3.8) is 0 Å². The topological polar surface area (TPSA) is 85.7 Å². The summed E-state index contributed by atoms with van der Waals surface area (Å²) in [7, 11) is 1.21. The second-order valence-corrected chi connectivity index (χ2v) is 8.08. The van der Waals surface area contributed by atoms with E-state index < -0.39 is 41.1 Å². The van der Waals surface area contributed by atoms with Gasteiger partial charge in [-0.05, 0) is 49.2 Å². The lowest BCUT2D eigenvalue weighted by Gasteiger charge is -2.32. The van der Waals surface area contributed by atoms with Crippen LogP contribution in [0.25, 0.3) is 0 Å². The van der Waals surface area contributed by atoms with Gasteiger partial charge in [-0.3, -0.25) is 19.4 Å². The van der Waals surface area contributed by atoms with Crippen LogP contribution in [0.15, 0.2) is 36.4 Å². The summed E-state index contributed by atoms with van der Waals surface area (Å²) < 4.78 is 55.3. The van der Waals surface area contributed by atoms with Crippen LogP contribution >= 0.6 is 0 Å². The molecule has 11 heteroatoms. The van der Waals surface area contributed by atoms with Crippen LogP contribution in [0.4, 0.5) is 33.7 Å². The number of nitriles is 1. The Labute approximate surface area is 192 Å². The van der Waals surface area contributed by atoms with Gasteiger partial charge in [-0.15, -0.1) is 0 Å². The van der Waals surface area contributed by atoms with E-state index in [-0.39, 0.29) is 23.0 Å². The molecule has 1 aliphatic carbocycles. The molecule has 1 saturated carbocycles. The minimum absolute atomic E-state index is 0.0206. The Morgan fingerprint density at radius 3 is 2.21 bits per heavy atom. The molecule has 1 aliphatic heterocycles. The number of nitrogens with zero attached hydrogens (tertiary/aromatic N) is 3. The highest BCUT2D eigenvalue weighted by molar-refractivity contribution is 6.08. The summed E-state index contributed by atoms with van der Waals surface area (Å²) in [4.78, 5) is 32.6. The molecule has 7 nitrogen and oxygen atoms in total. The van der Waals surface area contributed by atoms with Gasteiger partial charge in [0.1, 0.15) is 5.82 Å². The number of amides is 3. The SMILES string of the molecule is CONC(=O)c1ccc(N2C(=O)N(c3ccc(C#N)c(C(F)(F)F)c3)C3CCCCC32)cc1F. The van der Waals surface area contributed by atoms with E-state index in [1.807, 2.05) is 5.48 Å². The zero-order valence-electron chi connectivity index (χ0n) is 18.0. The molecule has 0 aromatic heterocycles. The van der Waals surface area contributed by atoms with Crippen molar-refractivity contribution in [2.24, 2.45) is 0 Å². The summed E-state index contributed by atoms with van der Waals surface area (Å²) in [6.07, 6.45) is -2.03. The number of fused-ring (bicyclic) bond motifs is 1. The molecule has 1 saturated heterocycles. The summed E-state index contributed by atoms with van der Waals surface area (Å²) in [5.41, 5.74) is 0.298. The Hall–Kier alpha value is -3.65. The molecule has 3 amide bonds. The molecule has 2 unspecified atom stereocenters. The predicted octanol–water partition coefficient (Wildman–Crippen LogP) is 4.77. The standard InChI is InChI=1S/C23H20F4N4O3/c1-34-29-21(32)16-9-8-15(11-18(16)24)31-20-5-3-2-4-19(20)30(22(31)33)14-7-6-13(12-28)17(10-14)23(25,26)27/h6-11,19-20H,2-5H2,1H3,(H,29,32). The van der Waals surface area contributed by atoms with Crippen molar-refractivity contribution < 1.29 is 32.0 Å². The van der Waals surface area contributed by atoms with Crippen LogP contribution in [0, 0.1) is 17.1 Å². The molecule has 1 N–H and O–H groups in total. The molecule has 178 valence electrons. The quantitative estimate of drug-likeness (QED) is 0.509. The van der Waals surface area contributed by atoms with E-state index in [0.29, 0.717) is 12.8 Å². The van der Waals surface area contributed by atoms with Crippen LogP contribution in [0.5, 0.6) is 0 Å². The number of hydrogen-bond acceptors (Lipinski definition) is 4. The number of benzene rings is 2. The number of hydroxylamine groups is 1. The number of anilines is 2. The molecule has 2 aromatic rings. The molecule has 2 aliphatic rings. The van der Waals surface area contributed by atoms with Crippen molar-refractivity contribution in [3.8, 4) is 6.07 Å². The highest BCUT2D eigenvalue weighted by Gasteiger charge is 2.48. The molecule has 0 radical (unpaired) electrons. The fourth-order valence-electron chi connectivity index (χ4n) is 4.70. The Morgan fingerprint density at radius 1 is 1.09 bits per heavy atom. The van der Waals surface area contributed by atoms with Crippen LogP contribution in [-0.4, -0.2) is 31.1 Å². The first-order valence-electron chi connectivity index (χ1n) is 10.5. The predicted molar refractivity (Wildman–Crippen MR) is 113 cm³/mol. The summed E-state index contributed by atoms with van der Waals surface area (Å²) in [5.74, 6) is -1.67. The highest BCUT2D eigenvalue weighted by atomic mass is 19.4. The normalized spacial score (nSPS) is 20.2. The molecule has 2 aromatic carbocycles. The van der Waals surface area contributed by atoms with Crippen LogP contribution in [-0.2, 0) is 11.0 Å². The van der Waals surface area contributed by atoms with Crippen molar-refractivity contribution >= 4 is 23.3 Å². The molecule has 34 heavy (non-hydrogen) atoms. The lowest BCUT2D eigenvalue weighted by molar-refractivity contribution is -0.137. The molecule has 4 rings (SSSR count). The second-order valence-electron chi connectivity index (χ2n) is 8.08. The van der Waals surface area contributed by atoms with Crippen LogP contribution in [0.3, 0.4) is 0 Å². The Morgan fingerprint density at radius 2 is 1.68 bits per heavy atom. The zero-order chi connectivity index (χ0) is 24.6. The number of alkyl halides is 3. The molecule has 1 heterocycles. The smallest absolute Gasteiger partial charge is 0.289 e. The first-order chi connectivity index (χ1) is 16.2. The summed E-state index contributed by atoms with van der Waals surface area (Å²) in [6.45, 7) is 0. The third kappa shape index (κ3) is 4.05. The van der Waals surface area contributed by atoms with E-state index in [2.05, 4.69) is 4.84 Å². The first-order valence-corrected chi connectivity index (χ1v) is 10.5. The average Bonchev–Trinajstić information content (AvgIpc) is 3.09. The monoisotopic (exact) mass is 476 g/mol. The van der Waals surface area contributed by atoms with Crippen LogP contribution in [0.2, 0.25) is 0 Å². The molecule has 2 atom stereocenters. The molecular formula is C23H20F4N4O3. The molecular weight excluding hydrogens is 456 g/mol. The van der Waals surface area contributed by atoms with E-state index in [1.165, 1.54) is 41.2 Å². The molecule has 0 spiro atoms. The number of halogens is 4. The van der Waals surface area contributed by atoms with Gasteiger partial charge in [-0.2, -0.15) is 18.4 Å². The summed E-state index contributed by atoms with van der Waals surface area (Å²) in [6, 6.07) is 7.00. The van der Waals surface area contributed by atoms with Gasteiger partial charge in [-0.1, -0.05) is 12.8 Å². The number of urea groups is 1. The van der Waals surface area contributed by atoms with Crippen LogP contribution in [0.1, 0.15) is 47.2 Å². The second kappa shape index (κ2) is 8.95. The Kier molecular flexibility index (Phi) is 6.18. The Balaban J connectivity index is 1.75. The van der Waals surface area contributed by atoms with Gasteiger partial charge in [-0.25, -0.2) is 14.7 Å². The lowest BCUT2D eigenvalue weighted by Crippen LogP contribution is -2.40. The number of carbonyl (C=O) groups is 2. The van der Waals surface area contributed by atoms with Crippen molar-refractivity contribution in [3.05, 3.63) is 58.9 Å². The van der Waals surface area contributed by atoms with E-state index in [4.69, 9.17) is 5.26 Å². The van der Waals surface area contributed by atoms with Gasteiger partial charge in [0.05, 0.1) is 42.0 Å². The van der Waals surface area contributed by atoms with Crippen molar-refractivity contribution in [2.75, 3.05) is 16.9 Å². The minimum atomic E-state index is -4.77. The van der Waals surface area contributed by atoms with Gasteiger partial charge in [0.15, 0.2) is 0 Å². The first kappa shape index (κ1) is 23.5. The maximum Gasteiger partial charge on any atom is 0.417 e. The van der Waals surface area contributed by atoms with E-state index in [1.54, 1.807) is 0 Å². The van der Waals surface area contributed by atoms with E-state index in [0.717, 1.165) is 31.0 Å². The number of hydrogen-bond donors (Lipinski definition) is 1. The van der Waals surface area contributed by atoms with Gasteiger partial charge in [0, 0.05) is 11.4 Å². The molecule has 2 fully saturated rings. The number of nitrogens with one attached hydrogen (secondary N) is 1. The minimum Gasteiger partial charge on any atom is -0.289 e. The number of carbonyl (C=O) groups excluding carboxylic acids is 2. The fourth-order valence-corrected chi connectivity index (χ4v) is 4.70. The van der Waals surface area contributed by atoms with Gasteiger partial charge < -0.3 is 0 Å². The van der Waals surface area contributed by atoms with Gasteiger partial charge in [0.25, 0.3) is 5.91 Å². The number of rotatable bonds is 4. The zero-order valence-corrected chi connectivity index (χ0v) is 18.0. The third-order valence-corrected chi connectivity index (χ3v) is 6.15. The van der Waals surface area contributed by atoms with Crippen molar-refractivity contribution in [2.45, 2.75) is 43.9 Å². The van der Waals surface area contributed by atoms with E-state index >= 15 is 0 Å². The summed E-state index contributed by atoms with van der Waals surface area (Å²) >= 11 is 0. The van der Waals surface area contributed by atoms with Gasteiger partial charge >= 0.3 is 12.2 Å². The summed E-state index contributed by atoms with van der Waals surface area (Å²) in [5, 5.41) is 9.08.